The van der Waals surface area contributed by atoms with E-state index in [0.29, 0.717) is 31.8 Å². The predicted molar refractivity (Wildman–Crippen MR) is 141 cm³/mol. The summed E-state index contributed by atoms with van der Waals surface area (Å²) in [5.41, 5.74) is 4.33. The molecule has 5 atom stereocenters. The Kier molecular flexibility index (Phi) is 6.83. The molecule has 9 heteroatoms. The third-order valence-corrected chi connectivity index (χ3v) is 9.32. The van der Waals surface area contributed by atoms with E-state index in [0.717, 1.165) is 35.1 Å². The molecule has 3 fully saturated rings. The minimum absolute atomic E-state index is 0.0376. The number of fused-ring (bicyclic) bond motifs is 2. The number of hydrogen-bond donors (Lipinski definition) is 2. The highest BCUT2D eigenvalue weighted by Crippen LogP contribution is 2.47. The van der Waals surface area contributed by atoms with Gasteiger partial charge in [-0.25, -0.2) is 0 Å². The van der Waals surface area contributed by atoms with E-state index in [2.05, 4.69) is 39.8 Å². The molecule has 9 nitrogen and oxygen atoms in total. The molecule has 1 aromatic carbocycles. The number of hydrogen-bond acceptors (Lipinski definition) is 7. The van der Waals surface area contributed by atoms with Gasteiger partial charge >= 0.3 is 5.97 Å². The summed E-state index contributed by atoms with van der Waals surface area (Å²) in [5, 5.41) is 31.0. The smallest absolute Gasteiger partial charge is 0.311 e. The van der Waals surface area contributed by atoms with Crippen molar-refractivity contribution < 1.29 is 14.6 Å². The molecule has 3 heterocycles. The summed E-state index contributed by atoms with van der Waals surface area (Å²) in [6.45, 7) is 1.28. The number of piperidine rings is 1. The fourth-order valence-electron chi connectivity index (χ4n) is 7.37. The van der Waals surface area contributed by atoms with Gasteiger partial charge in [-0.2, -0.15) is 5.26 Å². The number of benzene rings is 1. The van der Waals surface area contributed by atoms with Crippen LogP contribution in [-0.4, -0.2) is 55.7 Å². The molecule has 0 radical (unpaired) electrons. The number of ether oxygens (including phenoxy) is 1. The lowest BCUT2D eigenvalue weighted by Crippen LogP contribution is -2.51. The molecular weight excluding hydrogens is 480 g/mol. The standard InChI is InChI=1S/C29H36N6O3/c1-38-29(37)27-22-14-25(34(17-30)15-19(22)10-11-26(27)36)28-21(20-8-4-5-9-23(20)31-28)12-13-35-16-24(32-33-35)18-6-2-3-7-18/h4-5,8-9,16,18-19,22,25-27,31,36H,2-3,6-7,10-15H2,1H3/t19-,22-,25-,26-,27+/m0/s1. The van der Waals surface area contributed by atoms with Crippen LogP contribution in [0.1, 0.15) is 73.9 Å². The van der Waals surface area contributed by atoms with E-state index in [1.54, 1.807) is 0 Å². The molecule has 2 aliphatic carbocycles. The number of carbonyl (C=O) groups is 1. The fourth-order valence-corrected chi connectivity index (χ4v) is 7.37. The second-order valence-corrected chi connectivity index (χ2v) is 11.3. The lowest BCUT2D eigenvalue weighted by molar-refractivity contribution is -0.159. The first kappa shape index (κ1) is 24.9. The summed E-state index contributed by atoms with van der Waals surface area (Å²) in [4.78, 5) is 18.2. The van der Waals surface area contributed by atoms with Gasteiger partial charge in [-0.05, 0) is 62.0 Å². The predicted octanol–water partition coefficient (Wildman–Crippen LogP) is 4.06. The van der Waals surface area contributed by atoms with Gasteiger partial charge in [0.25, 0.3) is 0 Å². The molecule has 2 aromatic heterocycles. The van der Waals surface area contributed by atoms with Gasteiger partial charge in [0.05, 0.1) is 30.9 Å². The van der Waals surface area contributed by atoms with Crippen LogP contribution in [0.2, 0.25) is 0 Å². The van der Waals surface area contributed by atoms with Gasteiger partial charge in [-0.15, -0.1) is 5.10 Å². The first-order valence-corrected chi connectivity index (χ1v) is 14.0. The molecule has 3 aliphatic rings. The van der Waals surface area contributed by atoms with Crippen molar-refractivity contribution >= 4 is 16.9 Å². The number of aliphatic hydroxyl groups excluding tert-OH is 1. The summed E-state index contributed by atoms with van der Waals surface area (Å²) >= 11 is 0. The Morgan fingerprint density at radius 3 is 2.84 bits per heavy atom. The second kappa shape index (κ2) is 10.4. The summed E-state index contributed by atoms with van der Waals surface area (Å²) in [6.07, 6.45) is 11.5. The van der Waals surface area contributed by atoms with E-state index in [1.807, 2.05) is 21.7 Å². The van der Waals surface area contributed by atoms with Crippen molar-refractivity contribution in [3.63, 3.8) is 0 Å². The zero-order valence-corrected chi connectivity index (χ0v) is 21.9. The molecule has 2 N–H and O–H groups in total. The topological polar surface area (TPSA) is 120 Å². The van der Waals surface area contributed by atoms with Gasteiger partial charge in [0.2, 0.25) is 0 Å². The highest BCUT2D eigenvalue weighted by atomic mass is 16.5. The summed E-state index contributed by atoms with van der Waals surface area (Å²) in [6, 6.07) is 8.05. The minimum Gasteiger partial charge on any atom is -0.469 e. The number of aromatic nitrogens is 4. The molecule has 0 unspecified atom stereocenters. The van der Waals surface area contributed by atoms with E-state index >= 15 is 0 Å². The highest BCUT2D eigenvalue weighted by Gasteiger charge is 2.49. The van der Waals surface area contributed by atoms with Gasteiger partial charge in [-0.1, -0.05) is 36.3 Å². The lowest BCUT2D eigenvalue weighted by Gasteiger charge is -2.47. The number of aromatic amines is 1. The number of methoxy groups -OCH3 is 1. The molecule has 6 rings (SSSR count). The van der Waals surface area contributed by atoms with E-state index in [4.69, 9.17) is 4.74 Å². The average Bonchev–Trinajstić information content (AvgIpc) is 3.70. The second-order valence-electron chi connectivity index (χ2n) is 11.3. The van der Waals surface area contributed by atoms with Crippen LogP contribution in [0, 0.1) is 29.2 Å². The minimum atomic E-state index is -0.707. The molecule has 0 spiro atoms. The number of aliphatic hydroxyl groups is 1. The van der Waals surface area contributed by atoms with Crippen LogP contribution in [0.4, 0.5) is 0 Å². The fraction of sp³-hybridized carbons (Fsp3) is 0.586. The molecule has 38 heavy (non-hydrogen) atoms. The number of nitriles is 1. The highest BCUT2D eigenvalue weighted by molar-refractivity contribution is 5.85. The van der Waals surface area contributed by atoms with E-state index in [-0.39, 0.29) is 23.8 Å². The van der Waals surface area contributed by atoms with E-state index < -0.39 is 12.0 Å². The van der Waals surface area contributed by atoms with Gasteiger partial charge < -0.3 is 19.7 Å². The van der Waals surface area contributed by atoms with Crippen LogP contribution in [0.3, 0.4) is 0 Å². The summed E-state index contributed by atoms with van der Waals surface area (Å²) < 4.78 is 7.05. The first-order chi connectivity index (χ1) is 18.6. The van der Waals surface area contributed by atoms with Crippen molar-refractivity contribution in [2.75, 3.05) is 13.7 Å². The molecule has 0 amide bonds. The number of para-hydroxylation sites is 1. The molecule has 1 aliphatic heterocycles. The van der Waals surface area contributed by atoms with Crippen molar-refractivity contribution in [3.8, 4) is 6.19 Å². The van der Waals surface area contributed by atoms with Gasteiger partial charge in [0.15, 0.2) is 6.19 Å². The molecule has 200 valence electrons. The Labute approximate surface area is 222 Å². The quantitative estimate of drug-likeness (QED) is 0.374. The number of carbonyl (C=O) groups excluding carboxylic acids is 1. The third kappa shape index (κ3) is 4.45. The number of nitrogens with zero attached hydrogens (tertiary/aromatic N) is 5. The van der Waals surface area contributed by atoms with Gasteiger partial charge in [-0.3, -0.25) is 9.48 Å². The number of H-pyrrole nitrogens is 1. The molecule has 2 saturated carbocycles. The average molecular weight is 517 g/mol. The molecular formula is C29H36N6O3. The third-order valence-electron chi connectivity index (χ3n) is 9.32. The monoisotopic (exact) mass is 516 g/mol. The Hall–Kier alpha value is -3.38. The van der Waals surface area contributed by atoms with Crippen molar-refractivity contribution in [2.45, 2.75) is 76.0 Å². The molecule has 0 bridgehead atoms. The SMILES string of the molecule is COC(=O)[C@@H]1[C@H]2C[C@@H](c3[nH]c4ccccc4c3CCn3cc(C4CCCC4)nn3)N(C#N)C[C@@H]2CC[C@@H]1O. The summed E-state index contributed by atoms with van der Waals surface area (Å²) in [7, 11) is 1.39. The van der Waals surface area contributed by atoms with Gasteiger partial charge in [0, 0.05) is 41.8 Å². The summed E-state index contributed by atoms with van der Waals surface area (Å²) in [5.74, 6) is -0.239. The molecule has 3 aromatic rings. The van der Waals surface area contributed by atoms with Crippen molar-refractivity contribution in [1.82, 2.24) is 24.9 Å². The van der Waals surface area contributed by atoms with Gasteiger partial charge in [0.1, 0.15) is 0 Å². The number of nitrogens with one attached hydrogen (secondary N) is 1. The molecule has 1 saturated heterocycles. The normalized spacial score (nSPS) is 27.8. The number of likely N-dealkylation sites (tertiary alicyclic amines) is 1. The van der Waals surface area contributed by atoms with E-state index in [9.17, 15) is 15.2 Å². The number of rotatable bonds is 6. The van der Waals surface area contributed by atoms with Crippen LogP contribution in [-0.2, 0) is 22.5 Å². The maximum atomic E-state index is 12.7. The van der Waals surface area contributed by atoms with Crippen LogP contribution < -0.4 is 0 Å². The van der Waals surface area contributed by atoms with Crippen molar-refractivity contribution in [3.05, 3.63) is 47.4 Å². The van der Waals surface area contributed by atoms with Crippen molar-refractivity contribution in [1.29, 1.82) is 5.26 Å². The maximum Gasteiger partial charge on any atom is 0.311 e. The Balaban J connectivity index is 1.31. The number of aryl methyl sites for hydroxylation is 2. The Morgan fingerprint density at radius 2 is 2.05 bits per heavy atom. The number of esters is 1. The van der Waals surface area contributed by atoms with Crippen LogP contribution in [0.5, 0.6) is 0 Å². The lowest BCUT2D eigenvalue weighted by atomic mass is 9.65. The maximum absolute atomic E-state index is 12.7. The zero-order valence-electron chi connectivity index (χ0n) is 21.9. The van der Waals surface area contributed by atoms with Crippen molar-refractivity contribution in [2.24, 2.45) is 17.8 Å². The van der Waals surface area contributed by atoms with Crippen LogP contribution in [0.25, 0.3) is 10.9 Å². The first-order valence-electron chi connectivity index (χ1n) is 14.0. The largest absolute Gasteiger partial charge is 0.469 e. The zero-order chi connectivity index (χ0) is 26.2. The Bertz CT molecular complexity index is 1340. The van der Waals surface area contributed by atoms with Crippen LogP contribution in [0.15, 0.2) is 30.5 Å². The Morgan fingerprint density at radius 1 is 1.24 bits per heavy atom. The van der Waals surface area contributed by atoms with E-state index in [1.165, 1.54) is 38.4 Å². The van der Waals surface area contributed by atoms with Crippen LogP contribution >= 0.6 is 0 Å².